The third-order valence-corrected chi connectivity index (χ3v) is 4.47. The lowest BCUT2D eigenvalue weighted by atomic mass is 10.2. The summed E-state index contributed by atoms with van der Waals surface area (Å²) in [4.78, 5) is 12.5. The number of carbonyl (C=O) groups excluding carboxylic acids is 1. The first-order valence-electron chi connectivity index (χ1n) is 8.49. The number of fused-ring (bicyclic) bond motifs is 1. The summed E-state index contributed by atoms with van der Waals surface area (Å²) in [5.74, 6) is -0.922. The predicted octanol–water partition coefficient (Wildman–Crippen LogP) is 4.30. The average molecular weight is 433 g/mol. The van der Waals surface area contributed by atoms with Gasteiger partial charge in [0.25, 0.3) is 5.91 Å². The molecule has 2 aromatic heterocycles. The fourth-order valence-electron chi connectivity index (χ4n) is 2.76. The van der Waals surface area contributed by atoms with E-state index in [9.17, 15) is 18.0 Å². The molecule has 0 saturated heterocycles. The normalized spacial score (nSPS) is 11.6. The third-order valence-electron chi connectivity index (χ3n) is 4.22. The summed E-state index contributed by atoms with van der Waals surface area (Å²) in [6, 6.07) is 12.8. The molecule has 152 valence electrons. The molecule has 0 bridgehead atoms. The molecule has 4 rings (SSSR count). The highest BCUT2D eigenvalue weighted by Crippen LogP contribution is 2.31. The Kier molecular flexibility index (Phi) is 4.78. The van der Waals surface area contributed by atoms with Gasteiger partial charge in [0.05, 0.1) is 11.3 Å². The fourth-order valence-corrected chi connectivity index (χ4v) is 2.89. The van der Waals surface area contributed by atoms with Crippen LogP contribution in [-0.4, -0.2) is 25.7 Å². The lowest BCUT2D eigenvalue weighted by Gasteiger charge is -2.10. The smallest absolute Gasteiger partial charge is 0.382 e. The molecule has 0 unspecified atom stereocenters. The van der Waals surface area contributed by atoms with Gasteiger partial charge in [-0.05, 0) is 30.3 Å². The molecule has 7 nitrogen and oxygen atoms in total. The number of benzene rings is 2. The maximum atomic E-state index is 12.9. The number of carbonyl (C=O) groups is 1. The van der Waals surface area contributed by atoms with E-state index in [4.69, 9.17) is 17.3 Å². The van der Waals surface area contributed by atoms with Crippen LogP contribution in [0, 0.1) is 0 Å². The number of rotatable bonds is 3. The molecule has 2 heterocycles. The van der Waals surface area contributed by atoms with Gasteiger partial charge in [0.1, 0.15) is 0 Å². The molecule has 11 heteroatoms. The molecule has 0 aliphatic rings. The van der Waals surface area contributed by atoms with Crippen LogP contribution in [0.25, 0.3) is 16.9 Å². The summed E-state index contributed by atoms with van der Waals surface area (Å²) in [6.45, 7) is 0. The van der Waals surface area contributed by atoms with Crippen LogP contribution in [0.5, 0.6) is 0 Å². The minimum absolute atomic E-state index is 0.0570. The van der Waals surface area contributed by atoms with E-state index in [1.165, 1.54) is 16.6 Å². The van der Waals surface area contributed by atoms with Gasteiger partial charge in [-0.15, -0.1) is 10.2 Å². The maximum Gasteiger partial charge on any atom is 0.416 e. The molecular formula is C19H12ClF3N6O. The SMILES string of the molecule is Nc1c(C(=O)Nc2cccc(C(F)(F)F)c2)nnc2cc(-c3ccc(Cl)cc3)nn12. The summed E-state index contributed by atoms with van der Waals surface area (Å²) in [5, 5.41) is 15.0. The van der Waals surface area contributed by atoms with Gasteiger partial charge < -0.3 is 11.1 Å². The van der Waals surface area contributed by atoms with Crippen molar-refractivity contribution in [1.82, 2.24) is 19.8 Å². The van der Waals surface area contributed by atoms with E-state index in [0.29, 0.717) is 16.4 Å². The molecule has 0 aliphatic heterocycles. The highest BCUT2D eigenvalue weighted by atomic mass is 35.5. The molecule has 0 radical (unpaired) electrons. The van der Waals surface area contributed by atoms with Crippen molar-refractivity contribution in [3.8, 4) is 11.3 Å². The summed E-state index contributed by atoms with van der Waals surface area (Å²) in [5.41, 5.74) is 6.38. The van der Waals surface area contributed by atoms with E-state index >= 15 is 0 Å². The van der Waals surface area contributed by atoms with Crippen LogP contribution in [0.2, 0.25) is 5.02 Å². The summed E-state index contributed by atoms with van der Waals surface area (Å²) in [7, 11) is 0. The summed E-state index contributed by atoms with van der Waals surface area (Å²) >= 11 is 5.89. The number of anilines is 2. The van der Waals surface area contributed by atoms with Crippen molar-refractivity contribution in [3.63, 3.8) is 0 Å². The van der Waals surface area contributed by atoms with Crippen LogP contribution in [0.15, 0.2) is 54.6 Å². The molecule has 0 spiro atoms. The van der Waals surface area contributed by atoms with Gasteiger partial charge in [-0.25, -0.2) is 0 Å². The maximum absolute atomic E-state index is 12.9. The van der Waals surface area contributed by atoms with Gasteiger partial charge >= 0.3 is 6.18 Å². The van der Waals surface area contributed by atoms with Gasteiger partial charge in [0.2, 0.25) is 0 Å². The molecule has 0 aliphatic carbocycles. The topological polar surface area (TPSA) is 98.2 Å². The zero-order chi connectivity index (χ0) is 21.5. The average Bonchev–Trinajstić information content (AvgIpc) is 3.13. The van der Waals surface area contributed by atoms with Crippen molar-refractivity contribution in [3.05, 3.63) is 70.9 Å². The van der Waals surface area contributed by atoms with Crippen molar-refractivity contribution in [2.24, 2.45) is 0 Å². The van der Waals surface area contributed by atoms with E-state index in [2.05, 4.69) is 20.6 Å². The largest absolute Gasteiger partial charge is 0.416 e. The monoisotopic (exact) mass is 432 g/mol. The Bertz CT molecular complexity index is 1250. The molecule has 0 saturated carbocycles. The third kappa shape index (κ3) is 3.77. The Balaban J connectivity index is 1.65. The second-order valence-corrected chi connectivity index (χ2v) is 6.71. The lowest BCUT2D eigenvalue weighted by molar-refractivity contribution is -0.137. The van der Waals surface area contributed by atoms with Crippen LogP contribution in [-0.2, 0) is 6.18 Å². The molecular weight excluding hydrogens is 421 g/mol. The Morgan fingerprint density at radius 1 is 1.07 bits per heavy atom. The van der Waals surface area contributed by atoms with Crippen molar-refractivity contribution in [1.29, 1.82) is 0 Å². The van der Waals surface area contributed by atoms with Crippen molar-refractivity contribution in [2.45, 2.75) is 6.18 Å². The Morgan fingerprint density at radius 3 is 2.50 bits per heavy atom. The quantitative estimate of drug-likeness (QED) is 0.503. The van der Waals surface area contributed by atoms with E-state index in [1.807, 2.05) is 0 Å². The predicted molar refractivity (Wildman–Crippen MR) is 105 cm³/mol. The molecule has 2 aromatic carbocycles. The van der Waals surface area contributed by atoms with Crippen molar-refractivity contribution in [2.75, 3.05) is 11.1 Å². The Morgan fingerprint density at radius 2 is 1.80 bits per heavy atom. The van der Waals surface area contributed by atoms with Crippen molar-refractivity contribution < 1.29 is 18.0 Å². The zero-order valence-electron chi connectivity index (χ0n) is 15.0. The Labute approximate surface area is 172 Å². The van der Waals surface area contributed by atoms with E-state index in [1.54, 1.807) is 30.3 Å². The van der Waals surface area contributed by atoms with Crippen LogP contribution >= 0.6 is 11.6 Å². The first-order chi connectivity index (χ1) is 14.2. The molecule has 30 heavy (non-hydrogen) atoms. The molecule has 4 aromatic rings. The molecule has 1 amide bonds. The minimum atomic E-state index is -4.54. The molecule has 3 N–H and O–H groups in total. The number of nitrogens with one attached hydrogen (secondary N) is 1. The summed E-state index contributed by atoms with van der Waals surface area (Å²) < 4.78 is 39.8. The number of nitrogen functional groups attached to an aromatic ring is 1. The highest BCUT2D eigenvalue weighted by Gasteiger charge is 2.30. The molecule has 0 atom stereocenters. The van der Waals surface area contributed by atoms with Crippen LogP contribution in [0.3, 0.4) is 0 Å². The van der Waals surface area contributed by atoms with E-state index in [-0.39, 0.29) is 17.2 Å². The number of alkyl halides is 3. The number of hydrogen-bond acceptors (Lipinski definition) is 5. The van der Waals surface area contributed by atoms with Crippen LogP contribution in [0.1, 0.15) is 16.1 Å². The second-order valence-electron chi connectivity index (χ2n) is 6.27. The number of halogens is 4. The minimum Gasteiger partial charge on any atom is -0.382 e. The number of amides is 1. The summed E-state index contributed by atoms with van der Waals surface area (Å²) in [6.07, 6.45) is -4.54. The standard InChI is InChI=1S/C19H12ClF3N6O/c20-12-6-4-10(5-7-12)14-9-15-26-27-16(17(24)29(15)28-14)18(30)25-13-3-1-2-11(8-13)19(21,22)23/h1-9H,24H2,(H,25,30). The Hall–Kier alpha value is -3.66. The van der Waals surface area contributed by atoms with Gasteiger partial charge in [0.15, 0.2) is 17.2 Å². The first kappa shape index (κ1) is 19.6. The zero-order valence-corrected chi connectivity index (χ0v) is 15.7. The number of nitrogens with two attached hydrogens (primary N) is 1. The number of nitrogens with zero attached hydrogens (tertiary/aromatic N) is 4. The van der Waals surface area contributed by atoms with Gasteiger partial charge in [0, 0.05) is 22.3 Å². The number of aromatic nitrogens is 4. The second kappa shape index (κ2) is 7.30. The highest BCUT2D eigenvalue weighted by molar-refractivity contribution is 6.30. The fraction of sp³-hybridized carbons (Fsp3) is 0.0526. The molecule has 0 fully saturated rings. The van der Waals surface area contributed by atoms with Crippen LogP contribution < -0.4 is 11.1 Å². The van der Waals surface area contributed by atoms with Gasteiger partial charge in [-0.3, -0.25) is 4.79 Å². The van der Waals surface area contributed by atoms with Crippen LogP contribution in [0.4, 0.5) is 24.7 Å². The van der Waals surface area contributed by atoms with Gasteiger partial charge in [-0.2, -0.15) is 22.8 Å². The van der Waals surface area contributed by atoms with E-state index in [0.717, 1.165) is 17.7 Å². The van der Waals surface area contributed by atoms with Gasteiger partial charge in [-0.1, -0.05) is 29.8 Å². The lowest BCUT2D eigenvalue weighted by Crippen LogP contribution is -2.19. The first-order valence-corrected chi connectivity index (χ1v) is 8.86. The number of hydrogen-bond donors (Lipinski definition) is 2. The van der Waals surface area contributed by atoms with E-state index < -0.39 is 17.6 Å². The van der Waals surface area contributed by atoms with Crippen molar-refractivity contribution >= 4 is 34.7 Å².